The lowest BCUT2D eigenvalue weighted by Crippen LogP contribution is -2.37. The Morgan fingerprint density at radius 2 is 1.78 bits per heavy atom. The summed E-state index contributed by atoms with van der Waals surface area (Å²) in [5, 5.41) is 2.71. The van der Waals surface area contributed by atoms with E-state index in [2.05, 4.69) is 10.0 Å². The molecule has 2 N–H and O–H groups in total. The SMILES string of the molecule is CS(=O)(=O)Nc1ccc(NC(=O)CN2CCCCCC2=O)cc1. The van der Waals surface area contributed by atoms with Gasteiger partial charge in [0.05, 0.1) is 12.8 Å². The number of nitrogens with one attached hydrogen (secondary N) is 2. The molecule has 1 aromatic carbocycles. The van der Waals surface area contributed by atoms with Crippen molar-refractivity contribution in [3.8, 4) is 0 Å². The van der Waals surface area contributed by atoms with E-state index in [1.807, 2.05) is 0 Å². The molecule has 2 rings (SSSR count). The van der Waals surface area contributed by atoms with Gasteiger partial charge in [0.15, 0.2) is 0 Å². The zero-order valence-electron chi connectivity index (χ0n) is 13.0. The average Bonchev–Trinajstić information content (AvgIpc) is 2.65. The molecule has 0 bridgehead atoms. The Labute approximate surface area is 136 Å². The number of carbonyl (C=O) groups is 2. The summed E-state index contributed by atoms with van der Waals surface area (Å²) in [6.45, 7) is 0.658. The van der Waals surface area contributed by atoms with Gasteiger partial charge in [0.1, 0.15) is 0 Å². The Balaban J connectivity index is 1.91. The first-order valence-corrected chi connectivity index (χ1v) is 9.38. The second kappa shape index (κ2) is 7.45. The predicted molar refractivity (Wildman–Crippen MR) is 88.6 cm³/mol. The van der Waals surface area contributed by atoms with E-state index >= 15 is 0 Å². The van der Waals surface area contributed by atoms with Crippen LogP contribution in [0.2, 0.25) is 0 Å². The van der Waals surface area contributed by atoms with Crippen LogP contribution in [-0.4, -0.2) is 44.5 Å². The minimum absolute atomic E-state index is 0.0188. The number of likely N-dealkylation sites (tertiary alicyclic amines) is 1. The summed E-state index contributed by atoms with van der Waals surface area (Å²) in [6.07, 6.45) is 4.38. The molecule has 1 aliphatic heterocycles. The third kappa shape index (κ3) is 5.90. The molecule has 8 heteroatoms. The van der Waals surface area contributed by atoms with Crippen LogP contribution in [-0.2, 0) is 19.6 Å². The van der Waals surface area contributed by atoms with E-state index in [4.69, 9.17) is 0 Å². The van der Waals surface area contributed by atoms with Gasteiger partial charge in [-0.3, -0.25) is 14.3 Å². The minimum Gasteiger partial charge on any atom is -0.333 e. The lowest BCUT2D eigenvalue weighted by Gasteiger charge is -2.19. The van der Waals surface area contributed by atoms with Gasteiger partial charge in [0, 0.05) is 24.3 Å². The maximum absolute atomic E-state index is 12.0. The fraction of sp³-hybridized carbons (Fsp3) is 0.467. The largest absolute Gasteiger partial charge is 0.333 e. The molecule has 0 unspecified atom stereocenters. The zero-order valence-corrected chi connectivity index (χ0v) is 13.9. The molecule has 1 saturated heterocycles. The number of sulfonamides is 1. The van der Waals surface area contributed by atoms with Gasteiger partial charge in [-0.15, -0.1) is 0 Å². The second-order valence-electron chi connectivity index (χ2n) is 5.63. The molecule has 1 fully saturated rings. The molecule has 126 valence electrons. The number of nitrogens with zero attached hydrogens (tertiary/aromatic N) is 1. The van der Waals surface area contributed by atoms with Crippen LogP contribution < -0.4 is 10.0 Å². The van der Waals surface area contributed by atoms with Crippen molar-refractivity contribution in [2.45, 2.75) is 25.7 Å². The predicted octanol–water partition coefficient (Wildman–Crippen LogP) is 1.40. The molecular weight excluding hydrogens is 318 g/mol. The summed E-state index contributed by atoms with van der Waals surface area (Å²) in [6, 6.07) is 6.34. The lowest BCUT2D eigenvalue weighted by molar-refractivity contribution is -0.134. The summed E-state index contributed by atoms with van der Waals surface area (Å²) < 4.78 is 24.6. The molecule has 1 aromatic rings. The number of carbonyl (C=O) groups excluding carboxylic acids is 2. The highest BCUT2D eigenvalue weighted by molar-refractivity contribution is 7.92. The Hall–Kier alpha value is -2.09. The Kier molecular flexibility index (Phi) is 5.59. The highest BCUT2D eigenvalue weighted by Gasteiger charge is 2.19. The average molecular weight is 339 g/mol. The minimum atomic E-state index is -3.32. The van der Waals surface area contributed by atoms with Crippen molar-refractivity contribution in [1.29, 1.82) is 0 Å². The van der Waals surface area contributed by atoms with Crippen LogP contribution in [0.4, 0.5) is 11.4 Å². The number of anilines is 2. The molecule has 1 aliphatic rings. The van der Waals surface area contributed by atoms with Crippen molar-refractivity contribution in [3.05, 3.63) is 24.3 Å². The molecule has 1 heterocycles. The zero-order chi connectivity index (χ0) is 16.9. The number of benzene rings is 1. The third-order valence-corrected chi connectivity index (χ3v) is 4.08. The third-order valence-electron chi connectivity index (χ3n) is 3.48. The van der Waals surface area contributed by atoms with Gasteiger partial charge < -0.3 is 10.2 Å². The first-order chi connectivity index (χ1) is 10.8. The van der Waals surface area contributed by atoms with Crippen molar-refractivity contribution in [2.24, 2.45) is 0 Å². The van der Waals surface area contributed by atoms with Crippen molar-refractivity contribution in [2.75, 3.05) is 29.4 Å². The standard InChI is InChI=1S/C15H21N3O4S/c1-23(21,22)17-13-8-6-12(7-9-13)16-14(19)11-18-10-4-2-3-5-15(18)20/h6-9,17H,2-5,10-11H2,1H3,(H,16,19). The molecule has 0 radical (unpaired) electrons. The van der Waals surface area contributed by atoms with Gasteiger partial charge >= 0.3 is 0 Å². The van der Waals surface area contributed by atoms with Crippen molar-refractivity contribution in [1.82, 2.24) is 4.90 Å². The fourth-order valence-corrected chi connectivity index (χ4v) is 2.98. The highest BCUT2D eigenvalue weighted by atomic mass is 32.2. The summed E-state index contributed by atoms with van der Waals surface area (Å²) in [5.41, 5.74) is 0.976. The fourth-order valence-electron chi connectivity index (χ4n) is 2.42. The molecule has 23 heavy (non-hydrogen) atoms. The Morgan fingerprint density at radius 1 is 1.13 bits per heavy atom. The lowest BCUT2D eigenvalue weighted by atomic mass is 10.2. The summed E-state index contributed by atoms with van der Waals surface area (Å²) in [7, 11) is -3.32. The summed E-state index contributed by atoms with van der Waals surface area (Å²) >= 11 is 0. The normalized spacial score (nSPS) is 15.9. The molecule has 2 amide bonds. The van der Waals surface area contributed by atoms with Crippen molar-refractivity contribution < 1.29 is 18.0 Å². The van der Waals surface area contributed by atoms with Crippen LogP contribution in [0.1, 0.15) is 25.7 Å². The first-order valence-electron chi connectivity index (χ1n) is 7.49. The van der Waals surface area contributed by atoms with Crippen LogP contribution >= 0.6 is 0 Å². The maximum Gasteiger partial charge on any atom is 0.243 e. The maximum atomic E-state index is 12.0. The van der Waals surface area contributed by atoms with Crippen LogP contribution in [0.5, 0.6) is 0 Å². The van der Waals surface area contributed by atoms with E-state index in [-0.39, 0.29) is 18.4 Å². The van der Waals surface area contributed by atoms with Gasteiger partial charge in [0.2, 0.25) is 21.8 Å². The van der Waals surface area contributed by atoms with Gasteiger partial charge in [-0.25, -0.2) is 8.42 Å². The van der Waals surface area contributed by atoms with E-state index in [0.29, 0.717) is 24.3 Å². The number of hydrogen-bond donors (Lipinski definition) is 2. The number of amides is 2. The molecule has 7 nitrogen and oxygen atoms in total. The van der Waals surface area contributed by atoms with Gasteiger partial charge in [-0.05, 0) is 37.1 Å². The molecular formula is C15H21N3O4S. The van der Waals surface area contributed by atoms with E-state index < -0.39 is 10.0 Å². The molecule has 0 aliphatic carbocycles. The molecule has 0 atom stereocenters. The number of rotatable bonds is 5. The van der Waals surface area contributed by atoms with Crippen LogP contribution in [0.15, 0.2) is 24.3 Å². The van der Waals surface area contributed by atoms with Crippen molar-refractivity contribution in [3.63, 3.8) is 0 Å². The van der Waals surface area contributed by atoms with Crippen LogP contribution in [0.25, 0.3) is 0 Å². The summed E-state index contributed by atoms with van der Waals surface area (Å²) in [4.78, 5) is 25.5. The van der Waals surface area contributed by atoms with E-state index in [9.17, 15) is 18.0 Å². The van der Waals surface area contributed by atoms with Crippen LogP contribution in [0.3, 0.4) is 0 Å². The molecule has 0 spiro atoms. The molecule has 0 aromatic heterocycles. The van der Waals surface area contributed by atoms with E-state index in [1.54, 1.807) is 29.2 Å². The van der Waals surface area contributed by atoms with E-state index in [0.717, 1.165) is 25.5 Å². The topological polar surface area (TPSA) is 95.6 Å². The highest BCUT2D eigenvalue weighted by Crippen LogP contribution is 2.15. The van der Waals surface area contributed by atoms with Crippen molar-refractivity contribution >= 4 is 33.2 Å². The number of hydrogen-bond acceptors (Lipinski definition) is 4. The first kappa shape index (κ1) is 17.3. The van der Waals surface area contributed by atoms with Gasteiger partial charge in [0.25, 0.3) is 0 Å². The van der Waals surface area contributed by atoms with Gasteiger partial charge in [-0.1, -0.05) is 6.42 Å². The van der Waals surface area contributed by atoms with Gasteiger partial charge in [-0.2, -0.15) is 0 Å². The Bertz CT molecular complexity index is 670. The monoisotopic (exact) mass is 339 g/mol. The second-order valence-corrected chi connectivity index (χ2v) is 7.37. The quantitative estimate of drug-likeness (QED) is 0.847. The van der Waals surface area contributed by atoms with E-state index in [1.165, 1.54) is 0 Å². The van der Waals surface area contributed by atoms with Crippen LogP contribution in [0, 0.1) is 0 Å². The summed E-state index contributed by atoms with van der Waals surface area (Å²) in [5.74, 6) is -0.241. The molecule has 0 saturated carbocycles. The Morgan fingerprint density at radius 3 is 2.43 bits per heavy atom. The smallest absolute Gasteiger partial charge is 0.243 e.